The molecule has 0 saturated carbocycles. The Balaban J connectivity index is 2.42. The molecule has 0 spiro atoms. The van der Waals surface area contributed by atoms with Crippen LogP contribution in [0.25, 0.3) is 0 Å². The first-order valence-electron chi connectivity index (χ1n) is 4.69. The van der Waals surface area contributed by atoms with Crippen molar-refractivity contribution in [2.75, 3.05) is 18.6 Å². The van der Waals surface area contributed by atoms with Crippen molar-refractivity contribution in [1.29, 1.82) is 0 Å². The summed E-state index contributed by atoms with van der Waals surface area (Å²) < 4.78 is 1.47. The van der Waals surface area contributed by atoms with Gasteiger partial charge in [-0.25, -0.2) is 0 Å². The van der Waals surface area contributed by atoms with Gasteiger partial charge in [-0.3, -0.25) is 4.99 Å². The van der Waals surface area contributed by atoms with Crippen molar-refractivity contribution in [1.82, 2.24) is 0 Å². The third kappa shape index (κ3) is 2.02. The van der Waals surface area contributed by atoms with Crippen molar-refractivity contribution in [3.05, 3.63) is 16.5 Å². The topological polar surface area (TPSA) is 12.4 Å². The van der Waals surface area contributed by atoms with Crippen LogP contribution in [-0.2, 0) is 6.42 Å². The summed E-state index contributed by atoms with van der Waals surface area (Å²) in [6, 6.07) is 2.31. The number of aryl methyl sites for hydroxylation is 1. The average Bonchev–Trinajstić information content (AvgIpc) is 2.53. The van der Waals surface area contributed by atoms with E-state index in [1.807, 2.05) is 23.1 Å². The molecule has 76 valence electrons. The quantitative estimate of drug-likeness (QED) is 0.748. The van der Waals surface area contributed by atoms with E-state index in [1.54, 1.807) is 11.8 Å². The lowest BCUT2D eigenvalue weighted by atomic mass is 10.3. The summed E-state index contributed by atoms with van der Waals surface area (Å²) in [5.41, 5.74) is 1.38. The normalized spacial score (nSPS) is 16.0. The number of nitrogens with zero attached hydrogens (tertiary/aromatic N) is 1. The van der Waals surface area contributed by atoms with E-state index >= 15 is 0 Å². The molecule has 0 N–H and O–H groups in total. The van der Waals surface area contributed by atoms with Crippen molar-refractivity contribution in [3.63, 3.8) is 0 Å². The average molecular weight is 243 g/mol. The molecule has 4 heteroatoms. The van der Waals surface area contributed by atoms with Crippen LogP contribution in [-0.4, -0.2) is 23.6 Å². The molecule has 0 amide bonds. The Morgan fingerprint density at radius 2 is 2.43 bits per heavy atom. The number of hydrogen-bond acceptors (Lipinski definition) is 4. The molecule has 0 bridgehead atoms. The fourth-order valence-electron chi connectivity index (χ4n) is 1.40. The Morgan fingerprint density at radius 1 is 1.57 bits per heavy atom. The molecule has 0 radical (unpaired) electrons. The highest BCUT2D eigenvalue weighted by Crippen LogP contribution is 2.36. The second-order valence-corrected chi connectivity index (χ2v) is 6.30. The Labute approximate surface area is 97.4 Å². The highest BCUT2D eigenvalue weighted by molar-refractivity contribution is 8.14. The molecular weight excluding hydrogens is 230 g/mol. The largest absolute Gasteiger partial charge is 0.277 e. The minimum absolute atomic E-state index is 0.962. The lowest BCUT2D eigenvalue weighted by molar-refractivity contribution is 1.16. The molecule has 0 unspecified atom stereocenters. The zero-order valence-electron chi connectivity index (χ0n) is 8.37. The molecule has 0 saturated heterocycles. The Hall–Kier alpha value is 0.0700. The van der Waals surface area contributed by atoms with Gasteiger partial charge >= 0.3 is 0 Å². The number of fused-ring (bicyclic) bond motifs is 1. The van der Waals surface area contributed by atoms with Gasteiger partial charge in [-0.1, -0.05) is 6.92 Å². The van der Waals surface area contributed by atoms with E-state index in [2.05, 4.69) is 24.2 Å². The summed E-state index contributed by atoms with van der Waals surface area (Å²) in [4.78, 5) is 6.07. The molecule has 1 aliphatic rings. The minimum Gasteiger partial charge on any atom is -0.277 e. The summed E-state index contributed by atoms with van der Waals surface area (Å²) in [6.45, 7) is 3.18. The van der Waals surface area contributed by atoms with Crippen molar-refractivity contribution >= 4 is 39.9 Å². The summed E-state index contributed by atoms with van der Waals surface area (Å²) in [6.07, 6.45) is 3.25. The van der Waals surface area contributed by atoms with Crippen LogP contribution in [0.2, 0.25) is 0 Å². The van der Waals surface area contributed by atoms with E-state index < -0.39 is 0 Å². The zero-order valence-corrected chi connectivity index (χ0v) is 10.8. The SMILES string of the molecule is CCc1cc2c(s1)SCCN=C2SC. The molecule has 0 fully saturated rings. The molecule has 1 nitrogen and oxygen atoms in total. The van der Waals surface area contributed by atoms with Gasteiger partial charge in [0.2, 0.25) is 0 Å². The monoisotopic (exact) mass is 243 g/mol. The molecule has 1 aromatic heterocycles. The van der Waals surface area contributed by atoms with Crippen molar-refractivity contribution in [3.8, 4) is 0 Å². The second kappa shape index (κ2) is 4.73. The van der Waals surface area contributed by atoms with Gasteiger partial charge in [-0.2, -0.15) is 0 Å². The standard InChI is InChI=1S/C10H13NS3/c1-3-7-6-8-9(12-2)11-4-5-13-10(8)14-7/h6H,3-5H2,1-2H3. The summed E-state index contributed by atoms with van der Waals surface area (Å²) >= 11 is 5.66. The van der Waals surface area contributed by atoms with Gasteiger partial charge in [0.15, 0.2) is 0 Å². The number of rotatable bonds is 1. The maximum atomic E-state index is 4.60. The molecule has 2 heterocycles. The van der Waals surface area contributed by atoms with Gasteiger partial charge in [0.25, 0.3) is 0 Å². The number of hydrogen-bond donors (Lipinski definition) is 0. The first-order valence-corrected chi connectivity index (χ1v) is 7.72. The minimum atomic E-state index is 0.962. The van der Waals surface area contributed by atoms with E-state index in [1.165, 1.54) is 19.7 Å². The van der Waals surface area contributed by atoms with Gasteiger partial charge in [-0.05, 0) is 18.7 Å². The predicted octanol–water partition coefficient (Wildman–Crippen LogP) is 3.53. The fraction of sp³-hybridized carbons (Fsp3) is 0.500. The maximum Gasteiger partial charge on any atom is 0.0994 e. The molecule has 2 rings (SSSR count). The lowest BCUT2D eigenvalue weighted by Crippen LogP contribution is -1.93. The highest BCUT2D eigenvalue weighted by atomic mass is 32.2. The molecule has 0 aromatic carbocycles. The summed E-state index contributed by atoms with van der Waals surface area (Å²) in [5, 5.41) is 1.22. The van der Waals surface area contributed by atoms with Crippen LogP contribution in [0.3, 0.4) is 0 Å². The van der Waals surface area contributed by atoms with E-state index in [-0.39, 0.29) is 0 Å². The molecule has 14 heavy (non-hydrogen) atoms. The summed E-state index contributed by atoms with van der Waals surface area (Å²) in [5.74, 6) is 1.13. The third-order valence-corrected chi connectivity index (χ3v) is 5.38. The van der Waals surface area contributed by atoms with Gasteiger partial charge < -0.3 is 0 Å². The van der Waals surface area contributed by atoms with Gasteiger partial charge in [0.05, 0.1) is 9.25 Å². The van der Waals surface area contributed by atoms with Crippen LogP contribution >= 0.6 is 34.9 Å². The first kappa shape index (κ1) is 10.6. The van der Waals surface area contributed by atoms with Crippen LogP contribution < -0.4 is 0 Å². The van der Waals surface area contributed by atoms with Gasteiger partial charge in [-0.15, -0.1) is 34.9 Å². The molecular formula is C10H13NS3. The Kier molecular flexibility index (Phi) is 3.57. The molecule has 1 aliphatic heterocycles. The Bertz CT molecular complexity index is 354. The van der Waals surface area contributed by atoms with Gasteiger partial charge in [0.1, 0.15) is 0 Å². The number of aliphatic imine (C=N–C) groups is 1. The lowest BCUT2D eigenvalue weighted by Gasteiger charge is -1.98. The van der Waals surface area contributed by atoms with Crippen LogP contribution in [0.5, 0.6) is 0 Å². The van der Waals surface area contributed by atoms with E-state index in [0.717, 1.165) is 18.7 Å². The third-order valence-electron chi connectivity index (χ3n) is 2.10. The number of thiophene rings is 1. The van der Waals surface area contributed by atoms with Crippen LogP contribution in [0.4, 0.5) is 0 Å². The van der Waals surface area contributed by atoms with E-state index in [9.17, 15) is 0 Å². The predicted molar refractivity (Wildman–Crippen MR) is 69.3 cm³/mol. The van der Waals surface area contributed by atoms with Crippen LogP contribution in [0, 0.1) is 0 Å². The smallest absolute Gasteiger partial charge is 0.0994 e. The Morgan fingerprint density at radius 3 is 3.14 bits per heavy atom. The van der Waals surface area contributed by atoms with E-state index in [0.29, 0.717) is 0 Å². The summed E-state index contributed by atoms with van der Waals surface area (Å²) in [7, 11) is 0. The van der Waals surface area contributed by atoms with Crippen LogP contribution in [0.15, 0.2) is 15.3 Å². The van der Waals surface area contributed by atoms with E-state index in [4.69, 9.17) is 0 Å². The van der Waals surface area contributed by atoms with Gasteiger partial charge in [0, 0.05) is 22.7 Å². The second-order valence-electron chi connectivity index (χ2n) is 3.01. The molecule has 0 atom stereocenters. The molecule has 1 aromatic rings. The highest BCUT2D eigenvalue weighted by Gasteiger charge is 2.15. The number of thioether (sulfide) groups is 2. The molecule has 0 aliphatic carbocycles. The fourth-order valence-corrected chi connectivity index (χ4v) is 4.44. The zero-order chi connectivity index (χ0) is 9.97. The van der Waals surface area contributed by atoms with Crippen molar-refractivity contribution in [2.45, 2.75) is 17.6 Å². The van der Waals surface area contributed by atoms with Crippen LogP contribution in [0.1, 0.15) is 17.4 Å². The van der Waals surface area contributed by atoms with Crippen molar-refractivity contribution in [2.24, 2.45) is 4.99 Å². The maximum absolute atomic E-state index is 4.60. The van der Waals surface area contributed by atoms with Crippen molar-refractivity contribution < 1.29 is 0 Å². The first-order chi connectivity index (χ1) is 6.85.